The topological polar surface area (TPSA) is 69.0 Å². The second kappa shape index (κ2) is 8.43. The van der Waals surface area contributed by atoms with Crippen molar-refractivity contribution in [1.29, 1.82) is 0 Å². The first-order valence-electron chi connectivity index (χ1n) is 11.2. The summed E-state index contributed by atoms with van der Waals surface area (Å²) in [5, 5.41) is 0.575. The maximum Gasteiger partial charge on any atom is 0.274 e. The quantitative estimate of drug-likeness (QED) is 0.381. The minimum Gasteiger partial charge on any atom is -0.455 e. The van der Waals surface area contributed by atoms with Gasteiger partial charge in [0.25, 0.3) is 11.1 Å². The number of hydrogen-bond donors (Lipinski definition) is 1. The number of rotatable bonds is 4. The number of pyridine rings is 2. The van der Waals surface area contributed by atoms with Gasteiger partial charge in [-0.25, -0.2) is 4.39 Å². The fraction of sp³-hybridized carbons (Fsp3) is 0.143. The van der Waals surface area contributed by atoms with E-state index in [9.17, 15) is 14.0 Å². The molecular formula is C28H24FN3O3. The van der Waals surface area contributed by atoms with Crippen molar-refractivity contribution >= 4 is 10.9 Å². The Morgan fingerprint density at radius 2 is 1.54 bits per heavy atom. The number of nitrogens with one attached hydrogen (secondary N) is 1. The fourth-order valence-corrected chi connectivity index (χ4v) is 4.34. The van der Waals surface area contributed by atoms with Gasteiger partial charge in [-0.3, -0.25) is 9.59 Å². The van der Waals surface area contributed by atoms with Gasteiger partial charge in [0.15, 0.2) is 5.75 Å². The Balaban J connectivity index is 1.79. The molecule has 3 heterocycles. The predicted molar refractivity (Wildman–Crippen MR) is 136 cm³/mol. The molecule has 0 fully saturated rings. The number of aromatic amines is 1. The number of para-hydroxylation sites is 1. The third kappa shape index (κ3) is 3.85. The van der Waals surface area contributed by atoms with Gasteiger partial charge in [-0.05, 0) is 43.2 Å². The second-order valence-electron chi connectivity index (χ2n) is 8.73. The average molecular weight is 470 g/mol. The molecule has 6 nitrogen and oxygen atoms in total. The van der Waals surface area contributed by atoms with Crippen molar-refractivity contribution in [1.82, 2.24) is 14.1 Å². The molecule has 2 aromatic carbocycles. The van der Waals surface area contributed by atoms with Crippen LogP contribution in [0.5, 0.6) is 11.5 Å². The standard InChI is InChI=1S/C28H24FN3O3/c1-16-8-7-9-17(2)27(16)35-24-15-31(3)25(33)13-19(24)21-14-32(4)28(34)26-20(21)12-23(30-26)18-10-5-6-11-22(18)29/h5-15,30H,1-4H3. The van der Waals surface area contributed by atoms with Crippen LogP contribution in [0.2, 0.25) is 0 Å². The van der Waals surface area contributed by atoms with Crippen LogP contribution in [-0.2, 0) is 14.1 Å². The van der Waals surface area contributed by atoms with Crippen molar-refractivity contribution in [2.24, 2.45) is 14.1 Å². The van der Waals surface area contributed by atoms with E-state index in [-0.39, 0.29) is 11.1 Å². The molecule has 0 spiro atoms. The number of aryl methyl sites for hydroxylation is 4. The first-order valence-corrected chi connectivity index (χ1v) is 11.2. The normalized spacial score (nSPS) is 11.2. The van der Waals surface area contributed by atoms with E-state index in [1.165, 1.54) is 21.3 Å². The van der Waals surface area contributed by atoms with Crippen LogP contribution in [0.4, 0.5) is 4.39 Å². The van der Waals surface area contributed by atoms with E-state index in [0.29, 0.717) is 44.8 Å². The molecule has 176 valence electrons. The number of halogens is 1. The fourth-order valence-electron chi connectivity index (χ4n) is 4.34. The summed E-state index contributed by atoms with van der Waals surface area (Å²) in [4.78, 5) is 28.7. The molecule has 7 heteroatoms. The number of nitrogens with zero attached hydrogens (tertiary/aromatic N) is 2. The van der Waals surface area contributed by atoms with Crippen molar-refractivity contribution in [2.75, 3.05) is 0 Å². The molecule has 0 bridgehead atoms. The van der Waals surface area contributed by atoms with Crippen LogP contribution in [0.1, 0.15) is 11.1 Å². The van der Waals surface area contributed by atoms with E-state index in [1.807, 2.05) is 32.0 Å². The molecule has 0 unspecified atom stereocenters. The molecule has 1 N–H and O–H groups in total. The van der Waals surface area contributed by atoms with Gasteiger partial charge in [-0.15, -0.1) is 0 Å². The van der Waals surface area contributed by atoms with Gasteiger partial charge >= 0.3 is 0 Å². The number of hydrogen-bond acceptors (Lipinski definition) is 3. The molecule has 0 aliphatic rings. The average Bonchev–Trinajstić information content (AvgIpc) is 3.27. The van der Waals surface area contributed by atoms with Gasteiger partial charge in [0.1, 0.15) is 17.1 Å². The monoisotopic (exact) mass is 469 g/mol. The van der Waals surface area contributed by atoms with Gasteiger partial charge < -0.3 is 18.9 Å². The van der Waals surface area contributed by atoms with Crippen molar-refractivity contribution in [3.63, 3.8) is 0 Å². The highest BCUT2D eigenvalue weighted by atomic mass is 19.1. The smallest absolute Gasteiger partial charge is 0.274 e. The molecule has 0 amide bonds. The largest absolute Gasteiger partial charge is 0.455 e. The molecule has 5 rings (SSSR count). The maximum absolute atomic E-state index is 14.5. The molecule has 0 atom stereocenters. The molecule has 3 aromatic heterocycles. The molecule has 35 heavy (non-hydrogen) atoms. The number of benzene rings is 2. The number of fused-ring (bicyclic) bond motifs is 1. The molecule has 5 aromatic rings. The van der Waals surface area contributed by atoms with E-state index in [0.717, 1.165) is 11.1 Å². The summed E-state index contributed by atoms with van der Waals surface area (Å²) >= 11 is 0. The lowest BCUT2D eigenvalue weighted by atomic mass is 10.0. The first-order chi connectivity index (χ1) is 16.7. The van der Waals surface area contributed by atoms with Gasteiger partial charge in [0.2, 0.25) is 0 Å². The molecular weight excluding hydrogens is 445 g/mol. The number of H-pyrrole nitrogens is 1. The van der Waals surface area contributed by atoms with Gasteiger partial charge in [-0.1, -0.05) is 30.3 Å². The van der Waals surface area contributed by atoms with Crippen LogP contribution in [0.3, 0.4) is 0 Å². The van der Waals surface area contributed by atoms with Crippen molar-refractivity contribution < 1.29 is 9.13 Å². The lowest BCUT2D eigenvalue weighted by molar-refractivity contribution is 0.470. The van der Waals surface area contributed by atoms with E-state index in [1.54, 1.807) is 50.8 Å². The molecule has 0 saturated carbocycles. The zero-order chi connectivity index (χ0) is 24.9. The third-order valence-electron chi connectivity index (χ3n) is 6.23. The molecule has 0 aliphatic carbocycles. The Hall–Kier alpha value is -4.39. The first kappa shape index (κ1) is 22.4. The van der Waals surface area contributed by atoms with Gasteiger partial charge in [-0.2, -0.15) is 0 Å². The van der Waals surface area contributed by atoms with Crippen molar-refractivity contribution in [2.45, 2.75) is 13.8 Å². The van der Waals surface area contributed by atoms with Gasteiger partial charge in [0.05, 0.1) is 6.20 Å². The summed E-state index contributed by atoms with van der Waals surface area (Å²) in [5.74, 6) is 0.776. The maximum atomic E-state index is 14.5. The van der Waals surface area contributed by atoms with E-state index < -0.39 is 5.82 Å². The molecule has 0 radical (unpaired) electrons. The van der Waals surface area contributed by atoms with Crippen molar-refractivity contribution in [3.05, 3.63) is 105 Å². The highest BCUT2D eigenvalue weighted by Gasteiger charge is 2.19. The lowest BCUT2D eigenvalue weighted by Gasteiger charge is -2.17. The lowest BCUT2D eigenvalue weighted by Crippen LogP contribution is -2.18. The van der Waals surface area contributed by atoms with Crippen LogP contribution in [0.25, 0.3) is 33.3 Å². The van der Waals surface area contributed by atoms with Crippen LogP contribution in [-0.4, -0.2) is 14.1 Å². The molecule has 0 aliphatic heterocycles. The van der Waals surface area contributed by atoms with Crippen LogP contribution in [0, 0.1) is 19.7 Å². The minimum atomic E-state index is -0.398. The Morgan fingerprint density at radius 3 is 2.26 bits per heavy atom. The summed E-state index contributed by atoms with van der Waals surface area (Å²) < 4.78 is 23.8. The third-order valence-corrected chi connectivity index (χ3v) is 6.23. The van der Waals surface area contributed by atoms with Gasteiger partial charge in [0, 0.05) is 54.1 Å². The minimum absolute atomic E-state index is 0.222. The van der Waals surface area contributed by atoms with E-state index in [4.69, 9.17) is 4.74 Å². The SMILES string of the molecule is Cc1cccc(C)c1Oc1cn(C)c(=O)cc1-c1cn(C)c(=O)c2[nH]c(-c3ccccc3F)cc12. The summed E-state index contributed by atoms with van der Waals surface area (Å²) in [6.07, 6.45) is 3.32. The van der Waals surface area contributed by atoms with E-state index >= 15 is 0 Å². The number of ether oxygens (including phenoxy) is 1. The summed E-state index contributed by atoms with van der Waals surface area (Å²) in [6, 6.07) is 15.5. The predicted octanol–water partition coefficient (Wildman–Crippen LogP) is 5.45. The second-order valence-corrected chi connectivity index (χ2v) is 8.73. The molecule has 0 saturated heterocycles. The summed E-state index contributed by atoms with van der Waals surface area (Å²) in [7, 11) is 3.30. The van der Waals surface area contributed by atoms with E-state index in [2.05, 4.69) is 4.98 Å². The summed E-state index contributed by atoms with van der Waals surface area (Å²) in [5.41, 5.74) is 3.75. The van der Waals surface area contributed by atoms with Crippen LogP contribution < -0.4 is 15.9 Å². The zero-order valence-corrected chi connectivity index (χ0v) is 19.8. The Bertz CT molecular complexity index is 1710. The number of aromatic nitrogens is 3. The van der Waals surface area contributed by atoms with Crippen LogP contribution in [0.15, 0.2) is 76.6 Å². The Labute approximate surface area is 200 Å². The Kier molecular flexibility index (Phi) is 5.40. The zero-order valence-electron chi connectivity index (χ0n) is 19.8. The van der Waals surface area contributed by atoms with Crippen LogP contribution >= 0.6 is 0 Å². The Morgan fingerprint density at radius 1 is 0.829 bits per heavy atom. The highest BCUT2D eigenvalue weighted by Crippen LogP contribution is 2.38. The summed E-state index contributed by atoms with van der Waals surface area (Å²) in [6.45, 7) is 3.92. The highest BCUT2D eigenvalue weighted by molar-refractivity contribution is 5.98. The van der Waals surface area contributed by atoms with Crippen molar-refractivity contribution in [3.8, 4) is 33.9 Å².